The molecule has 1 saturated heterocycles. The van der Waals surface area contributed by atoms with Gasteiger partial charge >= 0.3 is 0 Å². The second-order valence-corrected chi connectivity index (χ2v) is 7.21. The van der Waals surface area contributed by atoms with E-state index in [1.165, 1.54) is 6.20 Å². The van der Waals surface area contributed by atoms with E-state index >= 15 is 0 Å². The Morgan fingerprint density at radius 1 is 1.10 bits per heavy atom. The van der Waals surface area contributed by atoms with Gasteiger partial charge in [-0.2, -0.15) is 5.10 Å². The largest absolute Gasteiger partial charge is 0.383 e. The summed E-state index contributed by atoms with van der Waals surface area (Å²) in [5, 5.41) is 4.27. The minimum atomic E-state index is -0.304. The van der Waals surface area contributed by atoms with Gasteiger partial charge in [-0.1, -0.05) is 18.2 Å². The van der Waals surface area contributed by atoms with Crippen molar-refractivity contribution in [3.63, 3.8) is 0 Å². The van der Waals surface area contributed by atoms with E-state index < -0.39 is 0 Å². The third-order valence-electron chi connectivity index (χ3n) is 5.25. The molecule has 29 heavy (non-hydrogen) atoms. The predicted octanol–water partition coefficient (Wildman–Crippen LogP) is 2.21. The average Bonchev–Trinajstić information content (AvgIpc) is 3.35. The molecule has 0 aliphatic carbocycles. The lowest BCUT2D eigenvalue weighted by atomic mass is 9.98. The fraction of sp³-hybridized carbons (Fsp3) is 0.286. The number of Topliss-reactive ketones (excluding diaryl/α,β-unsaturated/α-hetero) is 1. The summed E-state index contributed by atoms with van der Waals surface area (Å²) in [6.45, 7) is 4.43. The van der Waals surface area contributed by atoms with Crippen LogP contribution < -0.4 is 5.73 Å². The van der Waals surface area contributed by atoms with Gasteiger partial charge in [-0.05, 0) is 32.4 Å². The van der Waals surface area contributed by atoms with Crippen molar-refractivity contribution in [2.24, 2.45) is 5.92 Å². The molecule has 1 atom stereocenters. The van der Waals surface area contributed by atoms with Crippen LogP contribution in [0.1, 0.15) is 38.7 Å². The zero-order chi connectivity index (χ0) is 20.5. The molecule has 3 heterocycles. The van der Waals surface area contributed by atoms with E-state index in [0.717, 1.165) is 5.69 Å². The maximum atomic E-state index is 13.0. The molecule has 2 aromatic heterocycles. The van der Waals surface area contributed by atoms with Crippen LogP contribution in [0.5, 0.6) is 0 Å². The first-order valence-corrected chi connectivity index (χ1v) is 9.48. The van der Waals surface area contributed by atoms with Crippen molar-refractivity contribution in [3.05, 3.63) is 65.4 Å². The highest BCUT2D eigenvalue weighted by Gasteiger charge is 2.34. The Morgan fingerprint density at radius 2 is 1.86 bits per heavy atom. The molecule has 1 aromatic carbocycles. The minimum absolute atomic E-state index is 0.0862. The maximum Gasteiger partial charge on any atom is 0.257 e. The molecule has 0 saturated carbocycles. The van der Waals surface area contributed by atoms with Crippen LogP contribution in [0.2, 0.25) is 0 Å². The number of nitrogen functional groups attached to an aromatic ring is 1. The van der Waals surface area contributed by atoms with E-state index in [-0.39, 0.29) is 17.6 Å². The summed E-state index contributed by atoms with van der Waals surface area (Å²) in [6, 6.07) is 9.42. The lowest BCUT2D eigenvalue weighted by Gasteiger charge is -2.17. The molecule has 8 heteroatoms. The lowest BCUT2D eigenvalue weighted by Crippen LogP contribution is -2.31. The summed E-state index contributed by atoms with van der Waals surface area (Å²) in [5.41, 5.74) is 8.51. The number of amides is 1. The molecule has 8 nitrogen and oxygen atoms in total. The number of rotatable bonds is 4. The quantitative estimate of drug-likeness (QED) is 0.685. The number of benzene rings is 1. The molecule has 0 spiro atoms. The lowest BCUT2D eigenvalue weighted by molar-refractivity contribution is 0.0778. The Kier molecular flexibility index (Phi) is 4.84. The van der Waals surface area contributed by atoms with Crippen molar-refractivity contribution < 1.29 is 9.59 Å². The average molecular weight is 390 g/mol. The summed E-state index contributed by atoms with van der Waals surface area (Å²) in [6.07, 6.45) is 3.65. The number of carbonyl (C=O) groups is 2. The van der Waals surface area contributed by atoms with Gasteiger partial charge in [0.05, 0.1) is 28.7 Å². The Morgan fingerprint density at radius 3 is 2.59 bits per heavy atom. The number of hydrogen-bond donors (Lipinski definition) is 1. The maximum absolute atomic E-state index is 13.0. The molecule has 1 aliphatic heterocycles. The second kappa shape index (κ2) is 7.46. The number of nitrogens with zero attached hydrogens (tertiary/aromatic N) is 5. The van der Waals surface area contributed by atoms with Crippen molar-refractivity contribution in [3.8, 4) is 5.69 Å². The van der Waals surface area contributed by atoms with Crippen LogP contribution in [0.3, 0.4) is 0 Å². The van der Waals surface area contributed by atoms with E-state index in [4.69, 9.17) is 5.73 Å². The molecular weight excluding hydrogens is 368 g/mol. The van der Waals surface area contributed by atoms with Gasteiger partial charge in [0.2, 0.25) is 0 Å². The van der Waals surface area contributed by atoms with Gasteiger partial charge < -0.3 is 10.6 Å². The third-order valence-corrected chi connectivity index (χ3v) is 5.25. The zero-order valence-electron chi connectivity index (χ0n) is 16.4. The van der Waals surface area contributed by atoms with Crippen molar-refractivity contribution in [2.45, 2.75) is 20.3 Å². The zero-order valence-corrected chi connectivity index (χ0v) is 16.4. The topological polar surface area (TPSA) is 107 Å². The molecule has 1 amide bonds. The fourth-order valence-corrected chi connectivity index (χ4v) is 3.66. The van der Waals surface area contributed by atoms with Gasteiger partial charge in [-0.25, -0.2) is 14.6 Å². The van der Waals surface area contributed by atoms with E-state index in [0.29, 0.717) is 48.0 Å². The van der Waals surface area contributed by atoms with Crippen molar-refractivity contribution in [2.75, 3.05) is 18.8 Å². The molecular formula is C21H22N6O2. The number of carbonyl (C=O) groups excluding carboxylic acids is 2. The number of aromatic nitrogens is 4. The molecule has 1 fully saturated rings. The smallest absolute Gasteiger partial charge is 0.257 e. The van der Waals surface area contributed by atoms with E-state index in [1.807, 2.05) is 30.3 Å². The first kappa shape index (κ1) is 18.8. The van der Waals surface area contributed by atoms with Gasteiger partial charge in [0, 0.05) is 25.2 Å². The first-order valence-electron chi connectivity index (χ1n) is 9.48. The van der Waals surface area contributed by atoms with Crippen LogP contribution in [-0.2, 0) is 0 Å². The highest BCUT2D eigenvalue weighted by molar-refractivity contribution is 6.03. The monoisotopic (exact) mass is 390 g/mol. The second-order valence-electron chi connectivity index (χ2n) is 7.21. The van der Waals surface area contributed by atoms with Gasteiger partial charge in [-0.15, -0.1) is 0 Å². The highest BCUT2D eigenvalue weighted by atomic mass is 16.2. The van der Waals surface area contributed by atoms with E-state index in [1.54, 1.807) is 29.6 Å². The molecule has 4 rings (SSSR count). The van der Waals surface area contributed by atoms with E-state index in [9.17, 15) is 9.59 Å². The van der Waals surface area contributed by atoms with Crippen LogP contribution in [0.25, 0.3) is 5.69 Å². The Hall–Kier alpha value is -3.55. The summed E-state index contributed by atoms with van der Waals surface area (Å²) >= 11 is 0. The normalized spacial score (nSPS) is 16.2. The van der Waals surface area contributed by atoms with Gasteiger partial charge in [-0.3, -0.25) is 9.59 Å². The number of hydrogen-bond acceptors (Lipinski definition) is 6. The highest BCUT2D eigenvalue weighted by Crippen LogP contribution is 2.26. The molecule has 0 radical (unpaired) electrons. The summed E-state index contributed by atoms with van der Waals surface area (Å²) < 4.78 is 1.55. The number of para-hydroxylation sites is 1. The number of likely N-dealkylation sites (tertiary alicyclic amines) is 1. The number of ketones is 1. The number of anilines is 1. The molecule has 148 valence electrons. The Labute approximate surface area is 168 Å². The standard InChI is InChI=1S/C21H22N6O2/c1-13-17(10-23-14(2)25-13)21(29)26-9-8-15(12-26)19(28)18-11-24-27(20(18)22)16-6-4-3-5-7-16/h3-7,10-11,15H,8-9,12,22H2,1-2H3/t15-/m0/s1. The summed E-state index contributed by atoms with van der Waals surface area (Å²) in [7, 11) is 0. The minimum Gasteiger partial charge on any atom is -0.383 e. The number of aryl methyl sites for hydroxylation is 2. The van der Waals surface area contributed by atoms with Crippen LogP contribution in [0, 0.1) is 19.8 Å². The van der Waals surface area contributed by atoms with Gasteiger partial charge in [0.25, 0.3) is 5.91 Å². The summed E-state index contributed by atoms with van der Waals surface area (Å²) in [4.78, 5) is 35.9. The SMILES string of the molecule is Cc1ncc(C(=O)N2CC[C@H](C(=O)c3cnn(-c4ccccc4)c3N)C2)c(C)n1. The summed E-state index contributed by atoms with van der Waals surface area (Å²) in [5.74, 6) is 0.400. The van der Waals surface area contributed by atoms with Crippen molar-refractivity contribution >= 4 is 17.5 Å². The molecule has 3 aromatic rings. The third kappa shape index (κ3) is 3.49. The van der Waals surface area contributed by atoms with Crippen LogP contribution in [0.15, 0.2) is 42.7 Å². The van der Waals surface area contributed by atoms with Crippen molar-refractivity contribution in [1.29, 1.82) is 0 Å². The Balaban J connectivity index is 1.50. The number of nitrogens with two attached hydrogens (primary N) is 1. The van der Waals surface area contributed by atoms with Crippen LogP contribution in [0.4, 0.5) is 5.82 Å². The van der Waals surface area contributed by atoms with Crippen LogP contribution in [-0.4, -0.2) is 49.4 Å². The van der Waals surface area contributed by atoms with Crippen LogP contribution >= 0.6 is 0 Å². The Bertz CT molecular complexity index is 1080. The first-order chi connectivity index (χ1) is 14.0. The molecule has 0 bridgehead atoms. The molecule has 0 unspecified atom stereocenters. The fourth-order valence-electron chi connectivity index (χ4n) is 3.66. The van der Waals surface area contributed by atoms with Gasteiger partial charge in [0.15, 0.2) is 5.78 Å². The predicted molar refractivity (Wildman–Crippen MR) is 108 cm³/mol. The molecule has 2 N–H and O–H groups in total. The van der Waals surface area contributed by atoms with Crippen molar-refractivity contribution in [1.82, 2.24) is 24.6 Å². The molecule has 1 aliphatic rings. The van der Waals surface area contributed by atoms with E-state index in [2.05, 4.69) is 15.1 Å². The van der Waals surface area contributed by atoms with Gasteiger partial charge in [0.1, 0.15) is 11.6 Å².